The van der Waals surface area contributed by atoms with Crippen LogP contribution in [0.15, 0.2) is 48.5 Å². The lowest BCUT2D eigenvalue weighted by molar-refractivity contribution is -0.135. The largest absolute Gasteiger partial charge is 0.480 e. The van der Waals surface area contributed by atoms with Gasteiger partial charge in [-0.15, -0.1) is 0 Å². The van der Waals surface area contributed by atoms with Crippen molar-refractivity contribution in [2.75, 3.05) is 6.54 Å². The highest BCUT2D eigenvalue weighted by molar-refractivity contribution is 5.95. The number of hydrogen-bond donors (Lipinski definition) is 2. The van der Waals surface area contributed by atoms with E-state index in [1.54, 1.807) is 24.3 Å². The maximum Gasteiger partial charge on any atom is 0.322 e. The summed E-state index contributed by atoms with van der Waals surface area (Å²) < 4.78 is 5.72. The van der Waals surface area contributed by atoms with Crippen molar-refractivity contribution < 1.29 is 19.4 Å². The first-order valence-corrected chi connectivity index (χ1v) is 7.33. The summed E-state index contributed by atoms with van der Waals surface area (Å²) in [6.07, 6.45) is 0. The second-order valence-electron chi connectivity index (χ2n) is 5.43. The van der Waals surface area contributed by atoms with Gasteiger partial charge in [-0.25, -0.2) is 0 Å². The number of hydrogen-bond acceptors (Lipinski definition) is 3. The van der Waals surface area contributed by atoms with Crippen molar-refractivity contribution in [2.24, 2.45) is 0 Å². The molecule has 0 aliphatic rings. The first kappa shape index (κ1) is 16.5. The summed E-state index contributed by atoms with van der Waals surface area (Å²) in [5.41, 5.74) is 1.62. The minimum absolute atomic E-state index is 0.383. The van der Waals surface area contributed by atoms with E-state index in [4.69, 9.17) is 9.84 Å². The number of rotatable bonds is 6. The number of carboxylic acid groups (broad SMARTS) is 1. The number of carbonyl (C=O) groups excluding carboxylic acids is 1. The summed E-state index contributed by atoms with van der Waals surface area (Å²) in [7, 11) is 0. The quantitative estimate of drug-likeness (QED) is 0.857. The Hall–Kier alpha value is -2.82. The molecule has 0 unspecified atom stereocenters. The summed E-state index contributed by atoms with van der Waals surface area (Å²) in [5, 5.41) is 10.8. The number of carbonyl (C=O) groups is 2. The Morgan fingerprint density at radius 1 is 1.00 bits per heavy atom. The van der Waals surface area contributed by atoms with Gasteiger partial charge in [0.2, 0.25) is 0 Å². The maximum atomic E-state index is 11.7. The number of ether oxygens (including phenoxy) is 1. The van der Waals surface area contributed by atoms with Crippen LogP contribution in [0.25, 0.3) is 0 Å². The van der Waals surface area contributed by atoms with Crippen LogP contribution in [0.3, 0.4) is 0 Å². The average Bonchev–Trinajstić information content (AvgIpc) is 2.54. The molecular weight excluding hydrogens is 294 g/mol. The number of aliphatic carboxylic acids is 1. The summed E-state index contributed by atoms with van der Waals surface area (Å²) in [4.78, 5) is 22.1. The molecule has 0 aliphatic heterocycles. The molecule has 23 heavy (non-hydrogen) atoms. The molecule has 2 N–H and O–H groups in total. The minimum Gasteiger partial charge on any atom is -0.480 e. The van der Waals surface area contributed by atoms with E-state index in [1.807, 2.05) is 24.3 Å². The highest BCUT2D eigenvalue weighted by Gasteiger charge is 2.07. The minimum atomic E-state index is -1.08. The van der Waals surface area contributed by atoms with Crippen LogP contribution in [0.2, 0.25) is 0 Å². The Labute approximate surface area is 134 Å². The standard InChI is InChI=1S/C18H19NO4/c1-12(2)13-3-7-15(8-4-13)23-16-9-5-14(6-10-16)18(22)19-11-17(20)21/h3-10,12H,11H2,1-2H3,(H,19,22)(H,20,21). The van der Waals surface area contributed by atoms with Gasteiger partial charge in [-0.05, 0) is 47.9 Å². The predicted octanol–water partition coefficient (Wildman–Crippen LogP) is 3.42. The van der Waals surface area contributed by atoms with Gasteiger partial charge in [0.25, 0.3) is 5.91 Å². The van der Waals surface area contributed by atoms with Gasteiger partial charge in [-0.1, -0.05) is 26.0 Å². The lowest BCUT2D eigenvalue weighted by Gasteiger charge is -2.09. The second kappa shape index (κ2) is 7.45. The zero-order valence-electron chi connectivity index (χ0n) is 13.1. The summed E-state index contributed by atoms with van der Waals surface area (Å²) in [6, 6.07) is 14.4. The molecule has 0 spiro atoms. The van der Waals surface area contributed by atoms with Crippen LogP contribution in [0, 0.1) is 0 Å². The van der Waals surface area contributed by atoms with Crippen molar-refractivity contribution in [1.82, 2.24) is 5.32 Å². The molecule has 0 aromatic heterocycles. The molecule has 2 aromatic rings. The van der Waals surface area contributed by atoms with E-state index in [0.717, 1.165) is 5.75 Å². The molecule has 1 amide bonds. The topological polar surface area (TPSA) is 75.6 Å². The van der Waals surface area contributed by atoms with Gasteiger partial charge in [0.05, 0.1) is 0 Å². The molecule has 0 atom stereocenters. The molecule has 0 radical (unpaired) electrons. The zero-order valence-corrected chi connectivity index (χ0v) is 13.1. The molecule has 0 saturated carbocycles. The van der Waals surface area contributed by atoms with Crippen molar-refractivity contribution in [3.8, 4) is 11.5 Å². The first-order valence-electron chi connectivity index (χ1n) is 7.33. The van der Waals surface area contributed by atoms with E-state index < -0.39 is 18.4 Å². The molecule has 2 aromatic carbocycles. The molecular formula is C18H19NO4. The van der Waals surface area contributed by atoms with Crippen LogP contribution in [-0.2, 0) is 4.79 Å². The van der Waals surface area contributed by atoms with Crippen LogP contribution < -0.4 is 10.1 Å². The van der Waals surface area contributed by atoms with Crippen molar-refractivity contribution in [3.05, 3.63) is 59.7 Å². The van der Waals surface area contributed by atoms with Gasteiger partial charge in [0, 0.05) is 5.56 Å². The fraction of sp³-hybridized carbons (Fsp3) is 0.222. The van der Waals surface area contributed by atoms with Crippen molar-refractivity contribution in [2.45, 2.75) is 19.8 Å². The van der Waals surface area contributed by atoms with E-state index in [-0.39, 0.29) is 0 Å². The van der Waals surface area contributed by atoms with Gasteiger partial charge >= 0.3 is 5.97 Å². The zero-order chi connectivity index (χ0) is 16.8. The number of carboxylic acids is 1. The highest BCUT2D eigenvalue weighted by Crippen LogP contribution is 2.24. The molecule has 5 nitrogen and oxygen atoms in total. The Morgan fingerprint density at radius 3 is 2.00 bits per heavy atom. The Bertz CT molecular complexity index is 675. The summed E-state index contributed by atoms with van der Waals surface area (Å²) in [5.74, 6) is 0.283. The van der Waals surface area contributed by atoms with Crippen molar-refractivity contribution >= 4 is 11.9 Å². The fourth-order valence-electron chi connectivity index (χ4n) is 1.99. The van der Waals surface area contributed by atoms with E-state index in [1.165, 1.54) is 5.56 Å². The molecule has 0 bridgehead atoms. The molecule has 2 rings (SSSR count). The van der Waals surface area contributed by atoms with Gasteiger partial charge in [-0.3, -0.25) is 9.59 Å². The van der Waals surface area contributed by atoms with Crippen LogP contribution >= 0.6 is 0 Å². The lowest BCUT2D eigenvalue weighted by atomic mass is 10.0. The smallest absolute Gasteiger partial charge is 0.322 e. The number of nitrogens with one attached hydrogen (secondary N) is 1. The maximum absolute atomic E-state index is 11.7. The van der Waals surface area contributed by atoms with Crippen LogP contribution in [0.1, 0.15) is 35.7 Å². The third-order valence-corrected chi connectivity index (χ3v) is 3.30. The second-order valence-corrected chi connectivity index (χ2v) is 5.43. The van der Waals surface area contributed by atoms with Gasteiger partial charge in [0.15, 0.2) is 0 Å². The molecule has 120 valence electrons. The van der Waals surface area contributed by atoms with Gasteiger partial charge in [0.1, 0.15) is 18.0 Å². The lowest BCUT2D eigenvalue weighted by Crippen LogP contribution is -2.29. The third-order valence-electron chi connectivity index (χ3n) is 3.30. The Balaban J connectivity index is 1.99. The third kappa shape index (κ3) is 4.85. The predicted molar refractivity (Wildman–Crippen MR) is 87.0 cm³/mol. The molecule has 5 heteroatoms. The summed E-state index contributed by atoms with van der Waals surface area (Å²) >= 11 is 0. The van der Waals surface area contributed by atoms with Gasteiger partial charge < -0.3 is 15.2 Å². The molecule has 0 heterocycles. The Morgan fingerprint density at radius 2 is 1.52 bits per heavy atom. The highest BCUT2D eigenvalue weighted by atomic mass is 16.5. The van der Waals surface area contributed by atoms with Crippen molar-refractivity contribution in [1.29, 1.82) is 0 Å². The van der Waals surface area contributed by atoms with E-state index in [0.29, 0.717) is 17.2 Å². The molecule has 0 fully saturated rings. The Kier molecular flexibility index (Phi) is 5.36. The van der Waals surface area contributed by atoms with E-state index in [9.17, 15) is 9.59 Å². The average molecular weight is 313 g/mol. The molecule has 0 saturated heterocycles. The summed E-state index contributed by atoms with van der Waals surface area (Å²) in [6.45, 7) is 3.85. The monoisotopic (exact) mass is 313 g/mol. The van der Waals surface area contributed by atoms with Crippen LogP contribution in [-0.4, -0.2) is 23.5 Å². The molecule has 0 aliphatic carbocycles. The number of benzene rings is 2. The van der Waals surface area contributed by atoms with Gasteiger partial charge in [-0.2, -0.15) is 0 Å². The van der Waals surface area contributed by atoms with E-state index in [2.05, 4.69) is 19.2 Å². The SMILES string of the molecule is CC(C)c1ccc(Oc2ccc(C(=O)NCC(=O)O)cc2)cc1. The first-order chi connectivity index (χ1) is 11.0. The van der Waals surface area contributed by atoms with E-state index >= 15 is 0 Å². The number of amides is 1. The van der Waals surface area contributed by atoms with Crippen LogP contribution in [0.4, 0.5) is 0 Å². The van der Waals surface area contributed by atoms with Crippen molar-refractivity contribution in [3.63, 3.8) is 0 Å². The fourth-order valence-corrected chi connectivity index (χ4v) is 1.99. The van der Waals surface area contributed by atoms with Crippen LogP contribution in [0.5, 0.6) is 11.5 Å². The normalized spacial score (nSPS) is 10.4.